The van der Waals surface area contributed by atoms with E-state index in [-0.39, 0.29) is 23.1 Å². The van der Waals surface area contributed by atoms with E-state index in [0.717, 1.165) is 63.1 Å². The molecule has 1 aromatic heterocycles. The van der Waals surface area contributed by atoms with Crippen LogP contribution in [-0.4, -0.2) is 70.8 Å². The summed E-state index contributed by atoms with van der Waals surface area (Å²) >= 11 is 6.73. The van der Waals surface area contributed by atoms with E-state index in [2.05, 4.69) is 25.2 Å². The molecule has 1 unspecified atom stereocenters. The van der Waals surface area contributed by atoms with E-state index in [9.17, 15) is 27.6 Å². The lowest BCUT2D eigenvalue weighted by Crippen LogP contribution is -2.47. The van der Waals surface area contributed by atoms with E-state index in [1.807, 2.05) is 18.2 Å². The van der Waals surface area contributed by atoms with Crippen LogP contribution in [0.4, 0.5) is 18.9 Å². The number of halogens is 4. The van der Waals surface area contributed by atoms with Gasteiger partial charge in [0, 0.05) is 59.5 Å². The van der Waals surface area contributed by atoms with E-state index in [4.69, 9.17) is 11.6 Å². The summed E-state index contributed by atoms with van der Waals surface area (Å²) in [6.45, 7) is 3.73. The van der Waals surface area contributed by atoms with E-state index in [1.54, 1.807) is 49.6 Å². The van der Waals surface area contributed by atoms with Gasteiger partial charge in [0.2, 0.25) is 11.8 Å². The quantitative estimate of drug-likeness (QED) is 0.192. The molecule has 274 valence electrons. The molecule has 3 aliphatic heterocycles. The minimum atomic E-state index is -4.85. The molecule has 3 saturated heterocycles. The standard InChI is InChI=1S/C39H41ClF3N5O4/c1-46-23-32(30-4-2-3-5-31(30)38(46)51)25-6-7-26(35(20-25)52-39(41,42)43)22-47-16-14-28(15-17-47)48-18-12-24(13-19-48)29-9-8-27(21-33(29)40)44-34-10-11-36(49)45-37(34)50/h2-9,20-21,23-24,28,34,44H,10-19,22H2,1H3,(H,45,49,50). The Kier molecular flexibility index (Phi) is 10.3. The number of carbonyl (C=O) groups is 2. The van der Waals surface area contributed by atoms with Gasteiger partial charge < -0.3 is 19.5 Å². The molecule has 7 rings (SSSR count). The van der Waals surface area contributed by atoms with Crippen molar-refractivity contribution in [2.75, 3.05) is 31.5 Å². The van der Waals surface area contributed by atoms with Crippen LogP contribution in [-0.2, 0) is 23.2 Å². The summed E-state index contributed by atoms with van der Waals surface area (Å²) in [4.78, 5) is 41.0. The van der Waals surface area contributed by atoms with Crippen molar-refractivity contribution in [2.24, 2.45) is 7.05 Å². The van der Waals surface area contributed by atoms with E-state index in [1.165, 1.54) is 10.6 Å². The highest BCUT2D eigenvalue weighted by atomic mass is 35.5. The lowest BCUT2D eigenvalue weighted by atomic mass is 9.87. The number of carbonyl (C=O) groups excluding carboxylic acids is 2. The second kappa shape index (κ2) is 14.9. The molecule has 2 amide bonds. The Morgan fingerprint density at radius 2 is 1.63 bits per heavy atom. The van der Waals surface area contributed by atoms with E-state index in [0.29, 0.717) is 63.8 Å². The van der Waals surface area contributed by atoms with Gasteiger partial charge in [-0.15, -0.1) is 13.2 Å². The smallest absolute Gasteiger partial charge is 0.405 e. The number of anilines is 1. The monoisotopic (exact) mass is 735 g/mol. The summed E-state index contributed by atoms with van der Waals surface area (Å²) in [5.74, 6) is -0.483. The number of likely N-dealkylation sites (tertiary alicyclic amines) is 2. The van der Waals surface area contributed by atoms with Crippen LogP contribution in [0.1, 0.15) is 55.6 Å². The molecule has 52 heavy (non-hydrogen) atoms. The van der Waals surface area contributed by atoms with Crippen molar-refractivity contribution >= 4 is 39.9 Å². The summed E-state index contributed by atoms with van der Waals surface area (Å²) in [6.07, 6.45) is 1.32. The van der Waals surface area contributed by atoms with E-state index < -0.39 is 12.4 Å². The fourth-order valence-electron chi connectivity index (χ4n) is 7.96. The van der Waals surface area contributed by atoms with Crippen LogP contribution >= 0.6 is 11.6 Å². The molecule has 0 spiro atoms. The summed E-state index contributed by atoms with van der Waals surface area (Å²) in [6, 6.07) is 17.8. The Labute approximate surface area is 304 Å². The van der Waals surface area contributed by atoms with Crippen molar-refractivity contribution in [2.45, 2.75) is 69.4 Å². The van der Waals surface area contributed by atoms with Crippen molar-refractivity contribution in [3.63, 3.8) is 0 Å². The Balaban J connectivity index is 0.957. The lowest BCUT2D eigenvalue weighted by Gasteiger charge is -2.42. The van der Waals surface area contributed by atoms with Gasteiger partial charge in [-0.25, -0.2) is 0 Å². The van der Waals surface area contributed by atoms with Crippen LogP contribution in [0.3, 0.4) is 0 Å². The van der Waals surface area contributed by atoms with Gasteiger partial charge in [0.1, 0.15) is 11.8 Å². The molecule has 2 N–H and O–H groups in total. The number of nitrogens with zero attached hydrogens (tertiary/aromatic N) is 3. The molecule has 1 atom stereocenters. The minimum Gasteiger partial charge on any atom is -0.405 e. The largest absolute Gasteiger partial charge is 0.573 e. The summed E-state index contributed by atoms with van der Waals surface area (Å²) in [7, 11) is 1.63. The normalized spacial score (nSPS) is 19.9. The third kappa shape index (κ3) is 7.99. The van der Waals surface area contributed by atoms with Gasteiger partial charge in [-0.2, -0.15) is 0 Å². The predicted molar refractivity (Wildman–Crippen MR) is 194 cm³/mol. The van der Waals surface area contributed by atoms with Crippen LogP contribution < -0.4 is 20.9 Å². The summed E-state index contributed by atoms with van der Waals surface area (Å²) in [5.41, 5.74) is 3.33. The van der Waals surface area contributed by atoms with Crippen molar-refractivity contribution in [1.29, 1.82) is 0 Å². The number of pyridine rings is 1. The molecule has 3 aliphatic rings. The second-order valence-corrected chi connectivity index (χ2v) is 14.5. The van der Waals surface area contributed by atoms with Crippen molar-refractivity contribution in [3.05, 3.63) is 93.4 Å². The molecule has 0 aliphatic carbocycles. The van der Waals surface area contributed by atoms with Crippen LogP contribution in [0.25, 0.3) is 21.9 Å². The number of ether oxygens (including phenoxy) is 1. The Morgan fingerprint density at radius 3 is 2.33 bits per heavy atom. The van der Waals surface area contributed by atoms with Gasteiger partial charge in [0.15, 0.2) is 0 Å². The van der Waals surface area contributed by atoms with Crippen LogP contribution in [0, 0.1) is 0 Å². The molecule has 4 heterocycles. The number of aromatic nitrogens is 1. The summed E-state index contributed by atoms with van der Waals surface area (Å²) in [5, 5.41) is 7.38. The van der Waals surface area contributed by atoms with Crippen LogP contribution in [0.15, 0.2) is 71.7 Å². The maximum Gasteiger partial charge on any atom is 0.573 e. The third-order valence-corrected chi connectivity index (χ3v) is 11.0. The highest BCUT2D eigenvalue weighted by Crippen LogP contribution is 2.37. The molecule has 13 heteroatoms. The van der Waals surface area contributed by atoms with Gasteiger partial charge in [0.05, 0.1) is 0 Å². The van der Waals surface area contributed by atoms with Crippen molar-refractivity contribution in [1.82, 2.24) is 19.7 Å². The topological polar surface area (TPSA) is 95.9 Å². The average Bonchev–Trinajstić information content (AvgIpc) is 3.12. The summed E-state index contributed by atoms with van der Waals surface area (Å²) < 4.78 is 46.9. The first kappa shape index (κ1) is 36.0. The highest BCUT2D eigenvalue weighted by molar-refractivity contribution is 6.31. The number of aryl methyl sites for hydroxylation is 1. The first-order chi connectivity index (χ1) is 24.9. The van der Waals surface area contributed by atoms with Gasteiger partial charge in [0.25, 0.3) is 5.56 Å². The number of rotatable bonds is 8. The number of hydrogen-bond acceptors (Lipinski definition) is 7. The van der Waals surface area contributed by atoms with E-state index >= 15 is 0 Å². The Morgan fingerprint density at radius 1 is 0.904 bits per heavy atom. The number of imide groups is 1. The fourth-order valence-corrected chi connectivity index (χ4v) is 8.29. The van der Waals surface area contributed by atoms with Gasteiger partial charge >= 0.3 is 6.36 Å². The maximum absolute atomic E-state index is 13.6. The number of alkyl halides is 3. The van der Waals surface area contributed by atoms with Crippen molar-refractivity contribution < 1.29 is 27.5 Å². The number of nitrogens with one attached hydrogen (secondary N) is 2. The van der Waals surface area contributed by atoms with Gasteiger partial charge in [-0.1, -0.05) is 48.0 Å². The minimum absolute atomic E-state index is 0.173. The van der Waals surface area contributed by atoms with Gasteiger partial charge in [-0.05, 0) is 105 Å². The molecule has 3 aromatic carbocycles. The number of benzene rings is 3. The van der Waals surface area contributed by atoms with Crippen LogP contribution in [0.5, 0.6) is 5.75 Å². The number of amides is 2. The fraction of sp³-hybridized carbons (Fsp3) is 0.410. The molecular weight excluding hydrogens is 695 g/mol. The molecule has 9 nitrogen and oxygen atoms in total. The third-order valence-electron chi connectivity index (χ3n) is 10.7. The zero-order chi connectivity index (χ0) is 36.6. The first-order valence-corrected chi connectivity index (χ1v) is 18.1. The first-order valence-electron chi connectivity index (χ1n) is 17.8. The van der Waals surface area contributed by atoms with Crippen molar-refractivity contribution in [3.8, 4) is 16.9 Å². The molecule has 0 bridgehead atoms. The second-order valence-electron chi connectivity index (χ2n) is 14.1. The SMILES string of the molecule is Cn1cc(-c2ccc(CN3CCC(N4CCC(c5ccc(NC6CCC(=O)NC6=O)cc5Cl)CC4)CC3)c(OC(F)(F)F)c2)c2ccccc2c1=O. The zero-order valence-corrected chi connectivity index (χ0v) is 29.6. The Hall–Kier alpha value is -4.39. The number of piperidine rings is 3. The number of hydrogen-bond donors (Lipinski definition) is 2. The predicted octanol–water partition coefficient (Wildman–Crippen LogP) is 6.82. The van der Waals surface area contributed by atoms with Crippen LogP contribution in [0.2, 0.25) is 5.02 Å². The molecular formula is C39H41ClF3N5O4. The molecule has 0 radical (unpaired) electrons. The zero-order valence-electron chi connectivity index (χ0n) is 28.8. The average molecular weight is 736 g/mol. The molecule has 0 saturated carbocycles. The maximum atomic E-state index is 13.6. The van der Waals surface area contributed by atoms with Gasteiger partial charge in [-0.3, -0.25) is 24.6 Å². The highest BCUT2D eigenvalue weighted by Gasteiger charge is 2.34. The molecule has 3 fully saturated rings. The Bertz CT molecular complexity index is 2040. The number of fused-ring (bicyclic) bond motifs is 1. The molecule has 4 aromatic rings. The lowest BCUT2D eigenvalue weighted by molar-refractivity contribution is -0.275.